The number of hydrogen-bond acceptors (Lipinski definition) is 5. The van der Waals surface area contributed by atoms with Crippen LogP contribution in [0.25, 0.3) is 0 Å². The summed E-state index contributed by atoms with van der Waals surface area (Å²) in [5.74, 6) is 0.575. The second-order valence-electron chi connectivity index (χ2n) is 8.03. The second kappa shape index (κ2) is 8.92. The smallest absolute Gasteiger partial charge is 0.323 e. The maximum absolute atomic E-state index is 12.8. The van der Waals surface area contributed by atoms with Crippen molar-refractivity contribution in [3.63, 3.8) is 0 Å². The molecule has 0 aromatic carbocycles. The van der Waals surface area contributed by atoms with Gasteiger partial charge in [-0.15, -0.1) is 0 Å². The van der Waals surface area contributed by atoms with Gasteiger partial charge in [-0.05, 0) is 37.3 Å². The molecule has 1 aliphatic carbocycles. The molecular weight excluding hydrogens is 368 g/mol. The van der Waals surface area contributed by atoms with Crippen molar-refractivity contribution in [3.05, 3.63) is 42.6 Å². The minimum absolute atomic E-state index is 0.0979. The van der Waals surface area contributed by atoms with Gasteiger partial charge in [-0.25, -0.2) is 14.8 Å². The van der Waals surface area contributed by atoms with Crippen molar-refractivity contribution >= 4 is 11.8 Å². The quantitative estimate of drug-likeness (QED) is 0.809. The average molecular weight is 399 g/mol. The van der Waals surface area contributed by atoms with E-state index in [0.29, 0.717) is 24.5 Å². The van der Waals surface area contributed by atoms with E-state index in [1.54, 1.807) is 25.8 Å². The highest BCUT2D eigenvalue weighted by atomic mass is 16.5. The first-order chi connectivity index (χ1) is 14.1. The summed E-state index contributed by atoms with van der Waals surface area (Å²) in [6, 6.07) is 4.38. The molecule has 3 atom stereocenters. The van der Waals surface area contributed by atoms with Gasteiger partial charge in [0.1, 0.15) is 5.82 Å². The minimum atomic E-state index is -0.0979. The van der Waals surface area contributed by atoms with Gasteiger partial charge in [-0.2, -0.15) is 0 Å². The Morgan fingerprint density at radius 2 is 2.24 bits per heavy atom. The van der Waals surface area contributed by atoms with Gasteiger partial charge in [-0.3, -0.25) is 10.2 Å². The number of likely N-dealkylation sites (tertiary alicyclic amines) is 1. The van der Waals surface area contributed by atoms with E-state index in [1.165, 1.54) is 0 Å². The number of likely N-dealkylation sites (N-methyl/N-ethyl adjacent to an activating group) is 1. The number of nitrogens with zero attached hydrogens (tertiary/aromatic N) is 5. The molecule has 8 nitrogen and oxygen atoms in total. The Bertz CT molecular complexity index is 794. The normalized spacial score (nSPS) is 24.7. The maximum Gasteiger partial charge on any atom is 0.323 e. The average Bonchev–Trinajstić information content (AvgIpc) is 3.49. The largest absolute Gasteiger partial charge is 0.380 e. The highest BCUT2D eigenvalue weighted by Gasteiger charge is 2.39. The molecule has 2 aromatic rings. The van der Waals surface area contributed by atoms with E-state index in [-0.39, 0.29) is 12.1 Å². The van der Waals surface area contributed by atoms with Crippen LogP contribution in [-0.4, -0.2) is 75.8 Å². The number of carbonyl (C=O) groups is 1. The van der Waals surface area contributed by atoms with Gasteiger partial charge < -0.3 is 14.2 Å². The van der Waals surface area contributed by atoms with Crippen molar-refractivity contribution in [2.75, 3.05) is 32.6 Å². The van der Waals surface area contributed by atoms with Gasteiger partial charge in [0.2, 0.25) is 0 Å². The number of rotatable bonds is 6. The topological polar surface area (TPSA) is 75.5 Å². The first-order valence-corrected chi connectivity index (χ1v) is 10.4. The molecule has 1 saturated heterocycles. The molecule has 1 unspecified atom stereocenters. The number of hydrogen-bond donors (Lipinski definition) is 1. The van der Waals surface area contributed by atoms with Gasteiger partial charge in [0.25, 0.3) is 0 Å². The molecule has 2 amide bonds. The van der Waals surface area contributed by atoms with Crippen LogP contribution in [0.3, 0.4) is 0 Å². The van der Waals surface area contributed by atoms with Gasteiger partial charge in [0.15, 0.2) is 0 Å². The lowest BCUT2D eigenvalue weighted by Crippen LogP contribution is -2.50. The van der Waals surface area contributed by atoms with Crippen molar-refractivity contribution in [2.45, 2.75) is 50.4 Å². The number of carbonyl (C=O) groups excluding carboxylic acids is 1. The van der Waals surface area contributed by atoms with Crippen LogP contribution in [0, 0.1) is 0 Å². The van der Waals surface area contributed by atoms with Crippen LogP contribution in [-0.2, 0) is 11.3 Å². The Morgan fingerprint density at radius 3 is 2.93 bits per heavy atom. The number of anilines is 1. The Kier molecular flexibility index (Phi) is 6.10. The number of methoxy groups -OCH3 is 1. The monoisotopic (exact) mass is 398 g/mol. The van der Waals surface area contributed by atoms with E-state index in [4.69, 9.17) is 4.74 Å². The molecule has 1 aliphatic heterocycles. The predicted octanol–water partition coefficient (Wildman–Crippen LogP) is 2.43. The van der Waals surface area contributed by atoms with Crippen LogP contribution in [0.2, 0.25) is 0 Å². The predicted molar refractivity (Wildman–Crippen MR) is 111 cm³/mol. The van der Waals surface area contributed by atoms with Crippen LogP contribution in [0.1, 0.15) is 31.2 Å². The summed E-state index contributed by atoms with van der Waals surface area (Å²) in [6.45, 7) is 2.73. The molecule has 3 heterocycles. The van der Waals surface area contributed by atoms with E-state index in [2.05, 4.69) is 20.2 Å². The lowest BCUT2D eigenvalue weighted by molar-refractivity contribution is 0.0907. The van der Waals surface area contributed by atoms with Crippen LogP contribution in [0.4, 0.5) is 10.6 Å². The van der Waals surface area contributed by atoms with Crippen LogP contribution in [0.15, 0.2) is 37.1 Å². The maximum atomic E-state index is 12.8. The molecule has 0 radical (unpaired) electrons. The van der Waals surface area contributed by atoms with Gasteiger partial charge in [0.05, 0.1) is 12.4 Å². The summed E-state index contributed by atoms with van der Waals surface area (Å²) in [7, 11) is 3.68. The first-order valence-electron chi connectivity index (χ1n) is 10.4. The lowest BCUT2D eigenvalue weighted by atomic mass is 10.1. The highest BCUT2D eigenvalue weighted by Crippen LogP contribution is 2.31. The van der Waals surface area contributed by atoms with E-state index in [9.17, 15) is 4.79 Å². The number of aromatic nitrogens is 3. The highest BCUT2D eigenvalue weighted by molar-refractivity contribution is 5.88. The number of imidazole rings is 1. The number of urea groups is 1. The van der Waals surface area contributed by atoms with Gasteiger partial charge in [0, 0.05) is 64.5 Å². The van der Waals surface area contributed by atoms with Crippen molar-refractivity contribution < 1.29 is 9.53 Å². The van der Waals surface area contributed by atoms with E-state index in [1.807, 2.05) is 34.8 Å². The molecule has 1 saturated carbocycles. The van der Waals surface area contributed by atoms with Crippen molar-refractivity contribution in [1.29, 1.82) is 0 Å². The summed E-state index contributed by atoms with van der Waals surface area (Å²) >= 11 is 0. The van der Waals surface area contributed by atoms with Crippen molar-refractivity contribution in [3.8, 4) is 0 Å². The third kappa shape index (κ3) is 4.59. The fourth-order valence-electron chi connectivity index (χ4n) is 4.58. The summed E-state index contributed by atoms with van der Waals surface area (Å²) in [6.07, 6.45) is 12.0. The Morgan fingerprint density at radius 1 is 1.34 bits per heavy atom. The van der Waals surface area contributed by atoms with Crippen LogP contribution < -0.4 is 5.32 Å². The van der Waals surface area contributed by atoms with Crippen LogP contribution in [0.5, 0.6) is 0 Å². The molecule has 0 bridgehead atoms. The summed E-state index contributed by atoms with van der Waals surface area (Å²) in [4.78, 5) is 25.7. The second-order valence-corrected chi connectivity index (χ2v) is 8.03. The Labute approximate surface area is 171 Å². The zero-order chi connectivity index (χ0) is 20.2. The fourth-order valence-corrected chi connectivity index (χ4v) is 4.58. The lowest BCUT2D eigenvalue weighted by Gasteiger charge is -2.35. The number of amides is 2. The molecular formula is C21H30N6O2. The van der Waals surface area contributed by atoms with E-state index >= 15 is 0 Å². The number of pyridine rings is 1. The molecule has 2 fully saturated rings. The van der Waals surface area contributed by atoms with Crippen LogP contribution >= 0.6 is 0 Å². The van der Waals surface area contributed by atoms with E-state index in [0.717, 1.165) is 44.3 Å². The fraction of sp³-hybridized carbons (Fsp3) is 0.571. The molecule has 2 aliphatic rings. The Hall–Kier alpha value is -2.45. The third-order valence-electron chi connectivity index (χ3n) is 6.22. The number of nitrogens with one attached hydrogen (secondary N) is 1. The molecule has 2 aromatic heterocycles. The first kappa shape index (κ1) is 19.8. The summed E-state index contributed by atoms with van der Waals surface area (Å²) in [5, 5.41) is 2.95. The van der Waals surface area contributed by atoms with Gasteiger partial charge in [-0.1, -0.05) is 6.07 Å². The molecule has 29 heavy (non-hydrogen) atoms. The zero-order valence-corrected chi connectivity index (χ0v) is 17.2. The Balaban J connectivity index is 1.34. The summed E-state index contributed by atoms with van der Waals surface area (Å²) < 4.78 is 7.50. The standard InChI is InChI=1S/C21H30N6O2/c1-25(18-4-3-5-19(18)27-10-8-17(14-27)29-2)21(28)24-20-7-6-16(12-23-20)13-26-11-9-22-15-26/h6-7,9,11-12,15,17-19H,3-5,8,10,13-14H2,1-2H3,(H,23,24,28)/t17?,18-,19+/m1/s1. The van der Waals surface area contributed by atoms with Gasteiger partial charge >= 0.3 is 6.03 Å². The zero-order valence-electron chi connectivity index (χ0n) is 17.2. The van der Waals surface area contributed by atoms with Crippen molar-refractivity contribution in [1.82, 2.24) is 24.3 Å². The molecule has 156 valence electrons. The third-order valence-corrected chi connectivity index (χ3v) is 6.22. The van der Waals surface area contributed by atoms with E-state index < -0.39 is 0 Å². The van der Waals surface area contributed by atoms with Crippen molar-refractivity contribution in [2.24, 2.45) is 0 Å². The SMILES string of the molecule is COC1CCN([C@H]2CCC[C@H]2N(C)C(=O)Nc2ccc(Cn3ccnc3)cn2)C1. The minimum Gasteiger partial charge on any atom is -0.380 e. The summed E-state index contributed by atoms with van der Waals surface area (Å²) in [5.41, 5.74) is 1.06. The molecule has 0 spiro atoms. The number of ether oxygens (including phenoxy) is 1. The molecule has 4 rings (SSSR count). The molecule has 1 N–H and O–H groups in total. The molecule has 8 heteroatoms.